The molecule has 1 aliphatic heterocycles. The number of H-pyrrole nitrogens is 1. The third-order valence-electron chi connectivity index (χ3n) is 4.39. The standard InChI is InChI=1S/C15H19N5O2S/c1-2-19-14(16-17-15(19)23)11-7-9-18(10-8-11)12-3-5-13(6-4-12)20(21)22/h3-6,11H,2,7-10H2,1H3,(H,17,23). The van der Waals surface area contributed by atoms with Gasteiger partial charge in [0.25, 0.3) is 5.69 Å². The van der Waals surface area contributed by atoms with Crippen molar-refractivity contribution in [2.24, 2.45) is 0 Å². The largest absolute Gasteiger partial charge is 0.371 e. The number of nitrogens with zero attached hydrogens (tertiary/aromatic N) is 4. The summed E-state index contributed by atoms with van der Waals surface area (Å²) in [6, 6.07) is 6.76. The summed E-state index contributed by atoms with van der Waals surface area (Å²) in [7, 11) is 0. The molecule has 0 spiro atoms. The van der Waals surface area contributed by atoms with Crippen molar-refractivity contribution in [1.82, 2.24) is 14.8 Å². The van der Waals surface area contributed by atoms with E-state index in [1.807, 2.05) is 12.1 Å². The molecular weight excluding hydrogens is 314 g/mol. The van der Waals surface area contributed by atoms with E-state index >= 15 is 0 Å². The van der Waals surface area contributed by atoms with Gasteiger partial charge in [-0.05, 0) is 44.1 Å². The van der Waals surface area contributed by atoms with Gasteiger partial charge in [0, 0.05) is 43.4 Å². The number of non-ortho nitro benzene ring substituents is 1. The van der Waals surface area contributed by atoms with Crippen molar-refractivity contribution in [1.29, 1.82) is 0 Å². The zero-order valence-corrected chi connectivity index (χ0v) is 13.8. The third-order valence-corrected chi connectivity index (χ3v) is 4.70. The molecule has 3 rings (SSSR count). The van der Waals surface area contributed by atoms with Gasteiger partial charge in [-0.2, -0.15) is 5.10 Å². The first-order valence-corrected chi connectivity index (χ1v) is 8.15. The maximum Gasteiger partial charge on any atom is 0.269 e. The third kappa shape index (κ3) is 3.12. The molecule has 0 radical (unpaired) electrons. The molecular formula is C15H19N5O2S. The van der Waals surface area contributed by atoms with Gasteiger partial charge in [-0.25, -0.2) is 0 Å². The highest BCUT2D eigenvalue weighted by atomic mass is 32.1. The molecule has 1 aromatic heterocycles. The van der Waals surface area contributed by atoms with Crippen molar-refractivity contribution in [3.63, 3.8) is 0 Å². The topological polar surface area (TPSA) is 80.0 Å². The van der Waals surface area contributed by atoms with Crippen LogP contribution in [0, 0.1) is 14.9 Å². The molecule has 7 nitrogen and oxygen atoms in total. The van der Waals surface area contributed by atoms with Gasteiger partial charge in [-0.1, -0.05) is 0 Å². The van der Waals surface area contributed by atoms with Gasteiger partial charge in [-0.3, -0.25) is 15.2 Å². The van der Waals surface area contributed by atoms with Crippen molar-refractivity contribution in [2.75, 3.05) is 18.0 Å². The summed E-state index contributed by atoms with van der Waals surface area (Å²) in [6.07, 6.45) is 1.99. The summed E-state index contributed by atoms with van der Waals surface area (Å²) >= 11 is 5.25. The molecule has 0 atom stereocenters. The van der Waals surface area contributed by atoms with E-state index in [-0.39, 0.29) is 10.6 Å². The first-order chi connectivity index (χ1) is 11.1. The van der Waals surface area contributed by atoms with Crippen LogP contribution < -0.4 is 4.90 Å². The lowest BCUT2D eigenvalue weighted by Gasteiger charge is -2.33. The zero-order valence-electron chi connectivity index (χ0n) is 12.9. The fourth-order valence-electron chi connectivity index (χ4n) is 3.13. The fraction of sp³-hybridized carbons (Fsp3) is 0.467. The number of anilines is 1. The van der Waals surface area contributed by atoms with Gasteiger partial charge in [0.15, 0.2) is 4.77 Å². The Hall–Kier alpha value is -2.22. The average molecular weight is 333 g/mol. The molecule has 1 aromatic carbocycles. The van der Waals surface area contributed by atoms with Crippen LogP contribution in [-0.2, 0) is 6.54 Å². The SMILES string of the molecule is CCn1c(C2CCN(c3ccc([N+](=O)[O-])cc3)CC2)n[nH]c1=S. The Morgan fingerprint density at radius 3 is 2.57 bits per heavy atom. The van der Waals surface area contributed by atoms with E-state index in [2.05, 4.69) is 26.6 Å². The Balaban J connectivity index is 1.68. The van der Waals surface area contributed by atoms with Crippen molar-refractivity contribution in [3.8, 4) is 0 Å². The van der Waals surface area contributed by atoms with Crippen LogP contribution in [-0.4, -0.2) is 32.8 Å². The Morgan fingerprint density at radius 2 is 2.00 bits per heavy atom. The molecule has 1 aliphatic rings. The minimum Gasteiger partial charge on any atom is -0.371 e. The maximum absolute atomic E-state index is 10.7. The molecule has 0 amide bonds. The first kappa shape index (κ1) is 15.7. The smallest absolute Gasteiger partial charge is 0.269 e. The number of benzene rings is 1. The second-order valence-corrected chi connectivity index (χ2v) is 6.05. The van der Waals surface area contributed by atoms with Gasteiger partial charge in [0.1, 0.15) is 5.82 Å². The number of hydrogen-bond donors (Lipinski definition) is 1. The summed E-state index contributed by atoms with van der Waals surface area (Å²) in [5.74, 6) is 1.44. The Bertz CT molecular complexity index is 744. The van der Waals surface area contributed by atoms with Crippen molar-refractivity contribution in [3.05, 3.63) is 45.0 Å². The maximum atomic E-state index is 10.7. The summed E-state index contributed by atoms with van der Waals surface area (Å²) in [6.45, 7) is 4.71. The van der Waals surface area contributed by atoms with Crippen molar-refractivity contribution < 1.29 is 4.92 Å². The van der Waals surface area contributed by atoms with E-state index in [1.54, 1.807) is 12.1 Å². The second kappa shape index (κ2) is 6.49. The molecule has 1 fully saturated rings. The predicted octanol–water partition coefficient (Wildman–Crippen LogP) is 3.25. The summed E-state index contributed by atoms with van der Waals surface area (Å²) in [4.78, 5) is 12.6. The van der Waals surface area contributed by atoms with Crippen LogP contribution in [0.2, 0.25) is 0 Å². The lowest BCUT2D eigenvalue weighted by molar-refractivity contribution is -0.384. The number of aromatic nitrogens is 3. The molecule has 1 saturated heterocycles. The van der Waals surface area contributed by atoms with Crippen LogP contribution >= 0.6 is 12.2 Å². The molecule has 8 heteroatoms. The Kier molecular flexibility index (Phi) is 4.42. The minimum atomic E-state index is -0.372. The predicted molar refractivity (Wildman–Crippen MR) is 90.4 cm³/mol. The van der Waals surface area contributed by atoms with Gasteiger partial charge in [0.2, 0.25) is 0 Å². The average Bonchev–Trinajstić information content (AvgIpc) is 2.96. The number of piperidine rings is 1. The normalized spacial score (nSPS) is 15.8. The highest BCUT2D eigenvalue weighted by Crippen LogP contribution is 2.30. The van der Waals surface area contributed by atoms with Crippen LogP contribution in [0.25, 0.3) is 0 Å². The fourth-order valence-corrected chi connectivity index (χ4v) is 3.40. The van der Waals surface area contributed by atoms with E-state index in [0.29, 0.717) is 10.7 Å². The van der Waals surface area contributed by atoms with E-state index in [1.165, 1.54) is 0 Å². The van der Waals surface area contributed by atoms with Gasteiger partial charge < -0.3 is 9.47 Å². The summed E-state index contributed by atoms with van der Waals surface area (Å²) in [5.41, 5.74) is 1.16. The van der Waals surface area contributed by atoms with E-state index in [9.17, 15) is 10.1 Å². The lowest BCUT2D eigenvalue weighted by Crippen LogP contribution is -2.33. The summed E-state index contributed by atoms with van der Waals surface area (Å²) < 4.78 is 2.74. The second-order valence-electron chi connectivity index (χ2n) is 5.67. The van der Waals surface area contributed by atoms with Gasteiger partial charge in [0.05, 0.1) is 4.92 Å². The van der Waals surface area contributed by atoms with Gasteiger partial charge >= 0.3 is 0 Å². The molecule has 23 heavy (non-hydrogen) atoms. The van der Waals surface area contributed by atoms with Crippen molar-refractivity contribution >= 4 is 23.6 Å². The molecule has 0 saturated carbocycles. The number of nitrogens with one attached hydrogen (secondary N) is 1. The highest BCUT2D eigenvalue weighted by molar-refractivity contribution is 7.71. The minimum absolute atomic E-state index is 0.127. The van der Waals surface area contributed by atoms with Crippen LogP contribution in [0.1, 0.15) is 31.5 Å². The lowest BCUT2D eigenvalue weighted by atomic mass is 9.95. The molecule has 0 unspecified atom stereocenters. The zero-order chi connectivity index (χ0) is 16.4. The van der Waals surface area contributed by atoms with Crippen molar-refractivity contribution in [2.45, 2.75) is 32.2 Å². The van der Waals surface area contributed by atoms with Crippen LogP contribution in [0.3, 0.4) is 0 Å². The molecule has 1 N–H and O–H groups in total. The van der Waals surface area contributed by atoms with Gasteiger partial charge in [-0.15, -0.1) is 0 Å². The summed E-state index contributed by atoms with van der Waals surface area (Å²) in [5, 5.41) is 18.0. The highest BCUT2D eigenvalue weighted by Gasteiger charge is 2.24. The molecule has 122 valence electrons. The quantitative estimate of drug-likeness (QED) is 0.528. The number of aromatic amines is 1. The van der Waals surface area contributed by atoms with Crippen LogP contribution in [0.5, 0.6) is 0 Å². The molecule has 2 heterocycles. The van der Waals surface area contributed by atoms with E-state index in [0.717, 1.165) is 44.0 Å². The number of rotatable bonds is 4. The Morgan fingerprint density at radius 1 is 1.35 bits per heavy atom. The first-order valence-electron chi connectivity index (χ1n) is 7.74. The van der Waals surface area contributed by atoms with Crippen LogP contribution in [0.4, 0.5) is 11.4 Å². The molecule has 0 bridgehead atoms. The molecule has 0 aliphatic carbocycles. The van der Waals surface area contributed by atoms with Crippen LogP contribution in [0.15, 0.2) is 24.3 Å². The number of hydrogen-bond acceptors (Lipinski definition) is 5. The monoisotopic (exact) mass is 333 g/mol. The van der Waals surface area contributed by atoms with E-state index in [4.69, 9.17) is 12.2 Å². The molecule has 2 aromatic rings. The number of nitro benzene ring substituents is 1. The Labute approximate surface area is 139 Å². The number of nitro groups is 1. The van der Waals surface area contributed by atoms with E-state index < -0.39 is 0 Å².